The molecule has 2 aromatic heterocycles. The number of piperidine rings is 1. The van der Waals surface area contributed by atoms with Crippen LogP contribution in [0, 0.1) is 25.2 Å². The van der Waals surface area contributed by atoms with E-state index in [1.165, 1.54) is 0 Å². The van der Waals surface area contributed by atoms with Gasteiger partial charge in [0.05, 0.1) is 29.9 Å². The third kappa shape index (κ3) is 6.25. The molecule has 5 rings (SSSR count). The van der Waals surface area contributed by atoms with Crippen molar-refractivity contribution in [2.75, 3.05) is 18.4 Å². The number of primary amides is 1. The van der Waals surface area contributed by atoms with Gasteiger partial charge in [-0.15, -0.1) is 0 Å². The average molecular weight is 523 g/mol. The molecular weight excluding hydrogens is 492 g/mol. The van der Waals surface area contributed by atoms with E-state index in [2.05, 4.69) is 21.3 Å². The Morgan fingerprint density at radius 3 is 2.46 bits per heavy atom. The summed E-state index contributed by atoms with van der Waals surface area (Å²) >= 11 is 0. The molecule has 39 heavy (non-hydrogen) atoms. The van der Waals surface area contributed by atoms with E-state index in [0.717, 1.165) is 54.7 Å². The summed E-state index contributed by atoms with van der Waals surface area (Å²) < 4.78 is 11.5. The van der Waals surface area contributed by atoms with E-state index >= 15 is 0 Å². The molecule has 9 nitrogen and oxygen atoms in total. The van der Waals surface area contributed by atoms with Crippen LogP contribution in [0.2, 0.25) is 0 Å². The van der Waals surface area contributed by atoms with Crippen LogP contribution in [0.3, 0.4) is 0 Å². The summed E-state index contributed by atoms with van der Waals surface area (Å²) in [6.07, 6.45) is 5.12. The van der Waals surface area contributed by atoms with Crippen LogP contribution in [0.15, 0.2) is 65.5 Å². The number of amides is 1. The van der Waals surface area contributed by atoms with Gasteiger partial charge in [-0.3, -0.25) is 9.69 Å². The number of ether oxygens (including phenoxy) is 1. The fourth-order valence-electron chi connectivity index (χ4n) is 4.83. The number of aryl methyl sites for hydroxylation is 2. The summed E-state index contributed by atoms with van der Waals surface area (Å²) in [5, 5.41) is 12.8. The third-order valence-electron chi connectivity index (χ3n) is 6.88. The van der Waals surface area contributed by atoms with Crippen molar-refractivity contribution in [1.29, 1.82) is 5.26 Å². The van der Waals surface area contributed by atoms with Crippen molar-refractivity contribution in [1.82, 2.24) is 14.9 Å². The summed E-state index contributed by atoms with van der Waals surface area (Å²) in [7, 11) is 0. The lowest BCUT2D eigenvalue weighted by Gasteiger charge is -2.32. The number of nitrogens with zero attached hydrogens (tertiary/aromatic N) is 4. The number of benzene rings is 2. The first-order valence-corrected chi connectivity index (χ1v) is 12.9. The molecule has 3 N–H and O–H groups in total. The molecule has 1 saturated heterocycles. The highest BCUT2D eigenvalue weighted by Crippen LogP contribution is 2.32. The Morgan fingerprint density at radius 2 is 1.85 bits per heavy atom. The van der Waals surface area contributed by atoms with Gasteiger partial charge >= 0.3 is 0 Å². The van der Waals surface area contributed by atoms with Crippen LogP contribution in [0.25, 0.3) is 11.3 Å². The van der Waals surface area contributed by atoms with E-state index in [1.807, 2.05) is 32.0 Å². The Bertz CT molecular complexity index is 1480. The molecule has 4 aromatic rings. The maximum absolute atomic E-state index is 11.3. The summed E-state index contributed by atoms with van der Waals surface area (Å²) in [6.45, 7) is 6.49. The number of aromatic nitrogens is 2. The van der Waals surface area contributed by atoms with E-state index in [4.69, 9.17) is 19.9 Å². The number of nitrogens with two attached hydrogens (primary N) is 1. The molecule has 3 heterocycles. The minimum atomic E-state index is -0.414. The number of likely N-dealkylation sites (tertiary alicyclic amines) is 1. The molecule has 1 fully saturated rings. The number of carbonyl (C=O) groups is 1. The van der Waals surface area contributed by atoms with Crippen molar-refractivity contribution in [2.45, 2.75) is 39.3 Å². The number of rotatable bonds is 8. The Morgan fingerprint density at radius 1 is 1.13 bits per heavy atom. The van der Waals surface area contributed by atoms with Crippen molar-refractivity contribution < 1.29 is 13.9 Å². The van der Waals surface area contributed by atoms with E-state index < -0.39 is 5.91 Å². The summed E-state index contributed by atoms with van der Waals surface area (Å²) in [6, 6.07) is 17.1. The standard InChI is InChI=1S/C30H30N6O3/c1-19-13-22(16-31)14-20(2)28(19)39-27-15-26(24-9-12-38-18-24)34-30(35-27)33-25-7-10-36(11-8-25)17-21-3-5-23(6-4-21)29(32)37/h3-6,9,12-15,18,25H,7-8,10-11,17H2,1-2H3,(H2,32,37)(H,33,34,35). The number of nitrogens with one attached hydrogen (secondary N) is 1. The fourth-order valence-corrected chi connectivity index (χ4v) is 4.83. The highest BCUT2D eigenvalue weighted by atomic mass is 16.5. The lowest BCUT2D eigenvalue weighted by atomic mass is 10.0. The van der Waals surface area contributed by atoms with Crippen molar-refractivity contribution >= 4 is 11.9 Å². The highest BCUT2D eigenvalue weighted by molar-refractivity contribution is 5.92. The number of hydrogen-bond donors (Lipinski definition) is 2. The normalized spacial score (nSPS) is 14.1. The molecule has 0 saturated carbocycles. The second-order valence-electron chi connectivity index (χ2n) is 9.84. The molecule has 0 unspecified atom stereocenters. The lowest BCUT2D eigenvalue weighted by Crippen LogP contribution is -2.39. The van der Waals surface area contributed by atoms with Gasteiger partial charge in [-0.2, -0.15) is 10.2 Å². The van der Waals surface area contributed by atoms with Crippen molar-refractivity contribution in [3.8, 4) is 29.0 Å². The summed E-state index contributed by atoms with van der Waals surface area (Å²) in [5.41, 5.74) is 10.9. The SMILES string of the molecule is Cc1cc(C#N)cc(C)c1Oc1cc(-c2ccoc2)nc(NC2CCN(Cc3ccc(C(N)=O)cc3)CC2)n1. The second kappa shape index (κ2) is 11.4. The van der Waals surface area contributed by atoms with E-state index in [9.17, 15) is 10.1 Å². The van der Waals surface area contributed by atoms with E-state index in [1.54, 1.807) is 42.9 Å². The van der Waals surface area contributed by atoms with Gasteiger partial charge in [0.15, 0.2) is 0 Å². The Labute approximate surface area is 227 Å². The van der Waals surface area contributed by atoms with Crippen LogP contribution in [0.4, 0.5) is 5.95 Å². The zero-order chi connectivity index (χ0) is 27.4. The molecule has 0 aliphatic carbocycles. The predicted octanol–water partition coefficient (Wildman–Crippen LogP) is 5.19. The van der Waals surface area contributed by atoms with Gasteiger partial charge in [-0.1, -0.05) is 12.1 Å². The van der Waals surface area contributed by atoms with Gasteiger partial charge in [-0.25, -0.2) is 4.98 Å². The topological polar surface area (TPSA) is 130 Å². The summed E-state index contributed by atoms with van der Waals surface area (Å²) in [5.74, 6) is 1.17. The van der Waals surface area contributed by atoms with Crippen LogP contribution in [-0.2, 0) is 6.54 Å². The predicted molar refractivity (Wildman–Crippen MR) is 147 cm³/mol. The minimum absolute atomic E-state index is 0.212. The quantitative estimate of drug-likeness (QED) is 0.323. The highest BCUT2D eigenvalue weighted by Gasteiger charge is 2.21. The van der Waals surface area contributed by atoms with Gasteiger partial charge < -0.3 is 20.2 Å². The molecule has 2 aromatic carbocycles. The molecule has 9 heteroatoms. The van der Waals surface area contributed by atoms with Gasteiger partial charge in [0, 0.05) is 42.9 Å². The monoisotopic (exact) mass is 522 g/mol. The Kier molecular flexibility index (Phi) is 7.57. The summed E-state index contributed by atoms with van der Waals surface area (Å²) in [4.78, 5) is 23.1. The van der Waals surface area contributed by atoms with Crippen molar-refractivity contribution in [2.24, 2.45) is 5.73 Å². The van der Waals surface area contributed by atoms with Gasteiger partial charge in [0.1, 0.15) is 5.75 Å². The number of nitriles is 1. The van der Waals surface area contributed by atoms with E-state index in [-0.39, 0.29) is 6.04 Å². The first kappa shape index (κ1) is 25.9. The molecule has 198 valence electrons. The van der Waals surface area contributed by atoms with Crippen LogP contribution >= 0.6 is 0 Å². The minimum Gasteiger partial charge on any atom is -0.472 e. The first-order valence-electron chi connectivity index (χ1n) is 12.9. The number of anilines is 1. The number of furan rings is 1. The van der Waals surface area contributed by atoms with Gasteiger partial charge in [0.2, 0.25) is 17.7 Å². The van der Waals surface area contributed by atoms with E-state index in [0.29, 0.717) is 34.4 Å². The van der Waals surface area contributed by atoms with Crippen LogP contribution in [0.1, 0.15) is 45.5 Å². The molecule has 1 aliphatic heterocycles. The van der Waals surface area contributed by atoms with Gasteiger partial charge in [0.25, 0.3) is 0 Å². The average Bonchev–Trinajstić information content (AvgIpc) is 3.47. The van der Waals surface area contributed by atoms with Crippen LogP contribution in [0.5, 0.6) is 11.6 Å². The molecule has 1 amide bonds. The lowest BCUT2D eigenvalue weighted by molar-refractivity contribution is 0.1000. The molecule has 0 atom stereocenters. The molecule has 0 spiro atoms. The second-order valence-corrected chi connectivity index (χ2v) is 9.84. The number of carbonyl (C=O) groups excluding carboxylic acids is 1. The van der Waals surface area contributed by atoms with Crippen molar-refractivity contribution in [3.63, 3.8) is 0 Å². The van der Waals surface area contributed by atoms with Crippen LogP contribution < -0.4 is 15.8 Å². The number of hydrogen-bond acceptors (Lipinski definition) is 8. The first-order chi connectivity index (χ1) is 18.9. The smallest absolute Gasteiger partial charge is 0.248 e. The molecule has 1 aliphatic rings. The van der Waals surface area contributed by atoms with Crippen LogP contribution in [-0.4, -0.2) is 39.9 Å². The Balaban J connectivity index is 1.28. The van der Waals surface area contributed by atoms with Crippen molar-refractivity contribution in [3.05, 3.63) is 88.9 Å². The zero-order valence-electron chi connectivity index (χ0n) is 22.0. The third-order valence-corrected chi connectivity index (χ3v) is 6.88. The maximum atomic E-state index is 11.3. The molecule has 0 bridgehead atoms. The largest absolute Gasteiger partial charge is 0.472 e. The molecular formula is C30H30N6O3. The molecule has 0 radical (unpaired) electrons. The Hall–Kier alpha value is -4.68. The zero-order valence-corrected chi connectivity index (χ0v) is 22.0. The fraction of sp³-hybridized carbons (Fsp3) is 0.267. The maximum Gasteiger partial charge on any atom is 0.248 e. The van der Waals surface area contributed by atoms with Gasteiger partial charge in [-0.05, 0) is 73.7 Å².